The zero-order chi connectivity index (χ0) is 25.6. The Morgan fingerprint density at radius 1 is 0.800 bits per heavy atom. The minimum Gasteiger partial charge on any atom is -0.508 e. The van der Waals surface area contributed by atoms with Crippen molar-refractivity contribution in [1.82, 2.24) is 0 Å². The maximum Gasteiger partial charge on any atom is 0.368 e. The summed E-state index contributed by atoms with van der Waals surface area (Å²) in [5.74, 6) is 0.950. The molecule has 5 nitrogen and oxygen atoms in total. The lowest BCUT2D eigenvalue weighted by Crippen LogP contribution is -2.13. The molecule has 0 aliphatic rings. The first-order chi connectivity index (χ1) is 16.5. The lowest BCUT2D eigenvalue weighted by atomic mass is 9.93. The summed E-state index contributed by atoms with van der Waals surface area (Å²) < 4.78 is 30.2. The molecule has 0 aliphatic heterocycles. The molecule has 0 aliphatic carbocycles. The van der Waals surface area contributed by atoms with Crippen molar-refractivity contribution in [3.63, 3.8) is 0 Å². The Morgan fingerprint density at radius 2 is 1.40 bits per heavy atom. The van der Waals surface area contributed by atoms with Gasteiger partial charge in [-0.05, 0) is 99.5 Å². The van der Waals surface area contributed by atoms with Gasteiger partial charge in [-0.25, -0.2) is 0 Å². The molecule has 0 atom stereocenters. The number of phenolic OH excluding ortho intramolecular Hbond substituents is 1. The van der Waals surface area contributed by atoms with Crippen molar-refractivity contribution in [3.05, 3.63) is 94.0 Å². The van der Waals surface area contributed by atoms with E-state index in [1.165, 1.54) is 5.56 Å². The molecule has 0 aromatic heterocycles. The monoisotopic (exact) mass is 496 g/mol. The number of hydrogen-bond acceptors (Lipinski definition) is 5. The highest BCUT2D eigenvalue weighted by Gasteiger charge is 2.29. The first-order valence-corrected chi connectivity index (χ1v) is 13.8. The fraction of sp³-hybridized carbons (Fsp3) is 0.379. The van der Waals surface area contributed by atoms with Gasteiger partial charge in [-0.15, -0.1) is 0 Å². The molecule has 0 fully saturated rings. The Kier molecular flexibility index (Phi) is 9.18. The van der Waals surface area contributed by atoms with Crippen molar-refractivity contribution < 1.29 is 23.5 Å². The summed E-state index contributed by atoms with van der Waals surface area (Å²) in [5.41, 5.74) is 6.58. The van der Waals surface area contributed by atoms with Crippen LogP contribution in [0.15, 0.2) is 60.7 Å². The second kappa shape index (κ2) is 11.9. The Bertz CT molecular complexity index is 1130. The molecule has 0 saturated carbocycles. The summed E-state index contributed by atoms with van der Waals surface area (Å²) in [6.07, 6.45) is 0.827. The van der Waals surface area contributed by atoms with E-state index in [0.717, 1.165) is 34.2 Å². The van der Waals surface area contributed by atoms with Crippen molar-refractivity contribution in [1.29, 1.82) is 0 Å². The van der Waals surface area contributed by atoms with Crippen LogP contribution in [0.2, 0.25) is 0 Å². The third-order valence-corrected chi connectivity index (χ3v) is 7.49. The van der Waals surface area contributed by atoms with E-state index in [0.29, 0.717) is 17.9 Å². The average molecular weight is 497 g/mol. The molecule has 6 heteroatoms. The van der Waals surface area contributed by atoms with Crippen molar-refractivity contribution >= 4 is 7.60 Å². The van der Waals surface area contributed by atoms with Gasteiger partial charge in [0.15, 0.2) is 6.35 Å². The van der Waals surface area contributed by atoms with E-state index in [4.69, 9.17) is 13.8 Å². The van der Waals surface area contributed by atoms with Gasteiger partial charge in [0.25, 0.3) is 0 Å². The first kappa shape index (κ1) is 27.0. The van der Waals surface area contributed by atoms with Gasteiger partial charge < -0.3 is 18.9 Å². The van der Waals surface area contributed by atoms with Gasteiger partial charge in [0.1, 0.15) is 11.5 Å². The van der Waals surface area contributed by atoms with Gasteiger partial charge in [0.2, 0.25) is 0 Å². The van der Waals surface area contributed by atoms with Crippen molar-refractivity contribution in [2.24, 2.45) is 0 Å². The highest BCUT2D eigenvalue weighted by Crippen LogP contribution is 2.50. The lowest BCUT2D eigenvalue weighted by Gasteiger charge is -2.23. The molecule has 1 N–H and O–H groups in total. The molecule has 0 saturated heterocycles. The number of rotatable bonds is 11. The van der Waals surface area contributed by atoms with E-state index in [9.17, 15) is 9.67 Å². The van der Waals surface area contributed by atoms with E-state index >= 15 is 0 Å². The molecule has 0 spiro atoms. The number of hydrogen-bond donors (Lipinski definition) is 1. The molecule has 0 radical (unpaired) electrons. The van der Waals surface area contributed by atoms with E-state index < -0.39 is 7.60 Å². The quantitative estimate of drug-likeness (QED) is 0.277. The zero-order valence-electron chi connectivity index (χ0n) is 21.6. The summed E-state index contributed by atoms with van der Waals surface area (Å²) in [7, 11) is -3.38. The van der Waals surface area contributed by atoms with Crippen LogP contribution in [0, 0.1) is 13.8 Å². The van der Waals surface area contributed by atoms with Gasteiger partial charge in [-0.1, -0.05) is 42.5 Å². The van der Waals surface area contributed by atoms with Gasteiger partial charge in [0, 0.05) is 6.42 Å². The second-order valence-corrected chi connectivity index (χ2v) is 11.4. The topological polar surface area (TPSA) is 65.0 Å². The van der Waals surface area contributed by atoms with Crippen LogP contribution in [0.5, 0.6) is 11.5 Å². The molecular formula is C29H37O5P. The summed E-state index contributed by atoms with van der Waals surface area (Å²) in [5, 5.41) is 10.4. The SMILES string of the molecule is Cc1cc(OCP(=O)(OC(C)C)OC(C)C)cc(C)c1Cc1ccc(O)c(Cc2ccccc2)c1. The fourth-order valence-electron chi connectivity index (χ4n) is 4.11. The van der Waals surface area contributed by atoms with E-state index in [1.54, 1.807) is 6.07 Å². The fourth-order valence-corrected chi connectivity index (χ4v) is 5.87. The maximum absolute atomic E-state index is 13.1. The third kappa shape index (κ3) is 7.96. The van der Waals surface area contributed by atoms with Crippen molar-refractivity contribution in [2.45, 2.75) is 66.6 Å². The second-order valence-electron chi connectivity index (χ2n) is 9.53. The molecule has 3 rings (SSSR count). The van der Waals surface area contributed by atoms with Crippen molar-refractivity contribution in [2.75, 3.05) is 6.35 Å². The number of phenols is 1. The van der Waals surface area contributed by atoms with E-state index in [2.05, 4.69) is 32.0 Å². The smallest absolute Gasteiger partial charge is 0.368 e. The number of benzene rings is 3. The highest BCUT2D eigenvalue weighted by molar-refractivity contribution is 7.53. The average Bonchev–Trinajstić information content (AvgIpc) is 2.76. The molecule has 0 heterocycles. The minimum absolute atomic E-state index is 0.137. The molecule has 0 amide bonds. The summed E-state index contributed by atoms with van der Waals surface area (Å²) in [4.78, 5) is 0. The van der Waals surface area contributed by atoms with Crippen LogP contribution in [0.4, 0.5) is 0 Å². The van der Waals surface area contributed by atoms with Gasteiger partial charge >= 0.3 is 7.60 Å². The molecule has 3 aromatic carbocycles. The Balaban J connectivity index is 1.75. The van der Waals surface area contributed by atoms with Crippen LogP contribution in [0.1, 0.15) is 61.1 Å². The summed E-state index contributed by atoms with van der Waals surface area (Å²) in [6.45, 7) is 11.4. The Hall–Kier alpha value is -2.59. The normalized spacial score (nSPS) is 11.9. The first-order valence-electron chi connectivity index (χ1n) is 12.1. The molecular weight excluding hydrogens is 459 g/mol. The predicted octanol–water partition coefficient (Wildman–Crippen LogP) is 7.57. The third-order valence-electron chi connectivity index (χ3n) is 5.56. The van der Waals surface area contributed by atoms with Crippen LogP contribution >= 0.6 is 7.60 Å². The molecule has 35 heavy (non-hydrogen) atoms. The number of ether oxygens (including phenoxy) is 1. The van der Waals surface area contributed by atoms with E-state index in [-0.39, 0.29) is 18.6 Å². The van der Waals surface area contributed by atoms with E-state index in [1.807, 2.05) is 64.1 Å². The number of aromatic hydroxyl groups is 1. The van der Waals surface area contributed by atoms with Crippen LogP contribution in [-0.2, 0) is 26.5 Å². The van der Waals surface area contributed by atoms with Gasteiger partial charge in [-0.3, -0.25) is 4.57 Å². The lowest BCUT2D eigenvalue weighted by molar-refractivity contribution is 0.129. The molecule has 0 unspecified atom stereocenters. The standard InChI is InChI=1S/C29H37O5P/c1-20(2)33-35(31,34-21(3)4)19-32-27-14-22(5)28(23(6)15-27)18-25-12-13-29(30)26(17-25)16-24-10-8-7-9-11-24/h7-15,17,20-21,30H,16,18-19H2,1-6H3. The maximum atomic E-state index is 13.1. The van der Waals surface area contributed by atoms with Crippen LogP contribution in [0.3, 0.4) is 0 Å². The van der Waals surface area contributed by atoms with Crippen LogP contribution in [-0.4, -0.2) is 23.7 Å². The zero-order valence-corrected chi connectivity index (χ0v) is 22.5. The predicted molar refractivity (Wildman–Crippen MR) is 142 cm³/mol. The largest absolute Gasteiger partial charge is 0.508 e. The summed E-state index contributed by atoms with van der Waals surface area (Å²) in [6, 6.07) is 19.9. The molecule has 0 bridgehead atoms. The Labute approximate surface area is 209 Å². The number of aryl methyl sites for hydroxylation is 2. The van der Waals surface area contributed by atoms with Gasteiger partial charge in [0.05, 0.1) is 12.2 Å². The molecule has 188 valence electrons. The van der Waals surface area contributed by atoms with Crippen LogP contribution in [0.25, 0.3) is 0 Å². The van der Waals surface area contributed by atoms with Crippen molar-refractivity contribution in [3.8, 4) is 11.5 Å². The Morgan fingerprint density at radius 3 is 1.97 bits per heavy atom. The summed E-state index contributed by atoms with van der Waals surface area (Å²) >= 11 is 0. The molecule has 3 aromatic rings. The van der Waals surface area contributed by atoms with Crippen LogP contribution < -0.4 is 4.74 Å². The minimum atomic E-state index is -3.38. The highest BCUT2D eigenvalue weighted by atomic mass is 31.2. The van der Waals surface area contributed by atoms with Gasteiger partial charge in [-0.2, -0.15) is 0 Å².